The summed E-state index contributed by atoms with van der Waals surface area (Å²) in [5, 5.41) is 12.9. The topological polar surface area (TPSA) is 50.7 Å². The minimum Gasteiger partial charge on any atom is -0.389 e. The molecule has 0 amide bonds. The van der Waals surface area contributed by atoms with Crippen LogP contribution in [0.15, 0.2) is 12.7 Å². The smallest absolute Gasteiger partial charge is 0.0897 e. The van der Waals surface area contributed by atoms with Crippen LogP contribution in [0.3, 0.4) is 0 Å². The van der Waals surface area contributed by atoms with Gasteiger partial charge in [-0.15, -0.1) is 6.58 Å². The van der Waals surface area contributed by atoms with Crippen LogP contribution in [0.4, 0.5) is 0 Å². The van der Waals surface area contributed by atoms with Crippen molar-refractivity contribution in [2.45, 2.75) is 50.7 Å². The second-order valence-corrected chi connectivity index (χ2v) is 5.14. The van der Waals surface area contributed by atoms with Gasteiger partial charge in [0.05, 0.1) is 32.0 Å². The summed E-state index contributed by atoms with van der Waals surface area (Å²) in [5.41, 5.74) is 0. The number of nitrogens with one attached hydrogen (secondary N) is 1. The predicted octanol–water partition coefficient (Wildman–Crippen LogP) is 1.88. The van der Waals surface area contributed by atoms with Gasteiger partial charge in [-0.3, -0.25) is 0 Å². The third-order valence-electron chi connectivity index (χ3n) is 3.35. The summed E-state index contributed by atoms with van der Waals surface area (Å²) in [6.07, 6.45) is 8.84. The van der Waals surface area contributed by atoms with E-state index in [0.717, 1.165) is 32.4 Å². The Morgan fingerprint density at radius 2 is 2.05 bits per heavy atom. The molecule has 4 heteroatoms. The lowest BCUT2D eigenvalue weighted by atomic mass is 9.98. The van der Waals surface area contributed by atoms with Crippen molar-refractivity contribution in [3.8, 4) is 0 Å². The maximum Gasteiger partial charge on any atom is 0.0897 e. The van der Waals surface area contributed by atoms with E-state index in [2.05, 4.69) is 11.9 Å². The third-order valence-corrected chi connectivity index (χ3v) is 3.35. The molecule has 1 saturated carbocycles. The van der Waals surface area contributed by atoms with E-state index in [1.807, 2.05) is 6.08 Å². The molecule has 0 spiro atoms. The third kappa shape index (κ3) is 9.16. The normalized spacial score (nSPS) is 18.4. The molecule has 1 fully saturated rings. The van der Waals surface area contributed by atoms with Gasteiger partial charge in [-0.05, 0) is 19.3 Å². The molecule has 2 N–H and O–H groups in total. The molecule has 0 radical (unpaired) electrons. The van der Waals surface area contributed by atoms with Crippen molar-refractivity contribution in [3.05, 3.63) is 12.7 Å². The van der Waals surface area contributed by atoms with Gasteiger partial charge in [0.2, 0.25) is 0 Å². The van der Waals surface area contributed by atoms with Gasteiger partial charge in [-0.1, -0.05) is 25.3 Å². The first-order chi connectivity index (χ1) is 9.33. The molecule has 1 rings (SSSR count). The van der Waals surface area contributed by atoms with Crippen molar-refractivity contribution in [3.63, 3.8) is 0 Å². The number of aliphatic hydroxyl groups is 1. The fraction of sp³-hybridized carbons (Fsp3) is 0.867. The van der Waals surface area contributed by atoms with Gasteiger partial charge in [0.1, 0.15) is 0 Å². The Balaban J connectivity index is 1.87. The number of aliphatic hydroxyl groups excluding tert-OH is 1. The lowest BCUT2D eigenvalue weighted by Crippen LogP contribution is -2.34. The highest BCUT2D eigenvalue weighted by molar-refractivity contribution is 4.67. The van der Waals surface area contributed by atoms with Gasteiger partial charge >= 0.3 is 0 Å². The van der Waals surface area contributed by atoms with Crippen LogP contribution >= 0.6 is 0 Å². The molecule has 0 aromatic rings. The molecule has 112 valence electrons. The molecular formula is C15H29NO3. The molecule has 0 heterocycles. The van der Waals surface area contributed by atoms with Crippen molar-refractivity contribution in [1.29, 1.82) is 0 Å². The van der Waals surface area contributed by atoms with E-state index in [0.29, 0.717) is 25.9 Å². The molecule has 19 heavy (non-hydrogen) atoms. The summed E-state index contributed by atoms with van der Waals surface area (Å²) >= 11 is 0. The first kappa shape index (κ1) is 16.6. The molecule has 0 saturated heterocycles. The fourth-order valence-electron chi connectivity index (χ4n) is 2.22. The highest BCUT2D eigenvalue weighted by Crippen LogP contribution is 2.20. The maximum absolute atomic E-state index is 9.78. The van der Waals surface area contributed by atoms with E-state index in [1.165, 1.54) is 19.3 Å². The SMILES string of the molecule is C=CCCOCCNCC(O)COC1CCCCC1. The number of rotatable bonds is 11. The lowest BCUT2D eigenvalue weighted by molar-refractivity contribution is -0.0232. The van der Waals surface area contributed by atoms with Crippen LogP contribution in [0.5, 0.6) is 0 Å². The van der Waals surface area contributed by atoms with Crippen LogP contribution in [0.1, 0.15) is 38.5 Å². The Bertz CT molecular complexity index is 217. The molecule has 1 aliphatic carbocycles. The largest absolute Gasteiger partial charge is 0.389 e. The molecule has 1 atom stereocenters. The van der Waals surface area contributed by atoms with E-state index in [1.54, 1.807) is 0 Å². The summed E-state index contributed by atoms with van der Waals surface area (Å²) in [4.78, 5) is 0. The minimum atomic E-state index is -0.421. The molecule has 0 bridgehead atoms. The van der Waals surface area contributed by atoms with E-state index < -0.39 is 6.10 Å². The molecule has 1 unspecified atom stereocenters. The van der Waals surface area contributed by atoms with Gasteiger partial charge in [-0.25, -0.2) is 0 Å². The summed E-state index contributed by atoms with van der Waals surface area (Å²) in [7, 11) is 0. The summed E-state index contributed by atoms with van der Waals surface area (Å²) in [5.74, 6) is 0. The molecule has 0 aliphatic heterocycles. The van der Waals surface area contributed by atoms with Gasteiger partial charge in [0.25, 0.3) is 0 Å². The van der Waals surface area contributed by atoms with Crippen LogP contribution in [0.25, 0.3) is 0 Å². The number of hydrogen-bond donors (Lipinski definition) is 2. The molecule has 4 nitrogen and oxygen atoms in total. The minimum absolute atomic E-state index is 0.366. The highest BCUT2D eigenvalue weighted by atomic mass is 16.5. The van der Waals surface area contributed by atoms with Gasteiger partial charge in [-0.2, -0.15) is 0 Å². The van der Waals surface area contributed by atoms with Crippen LogP contribution < -0.4 is 5.32 Å². The van der Waals surface area contributed by atoms with Crippen LogP contribution in [0, 0.1) is 0 Å². The van der Waals surface area contributed by atoms with Crippen molar-refractivity contribution < 1.29 is 14.6 Å². The Hall–Kier alpha value is -0.420. The fourth-order valence-corrected chi connectivity index (χ4v) is 2.22. The standard InChI is InChI=1S/C15H29NO3/c1-2-3-10-18-11-9-16-12-14(17)13-19-15-7-5-4-6-8-15/h2,14-17H,1,3-13H2. The maximum atomic E-state index is 9.78. The quantitative estimate of drug-likeness (QED) is 0.445. The zero-order chi connectivity index (χ0) is 13.8. The Kier molecular flexibility index (Phi) is 9.99. The predicted molar refractivity (Wildman–Crippen MR) is 77.3 cm³/mol. The second kappa shape index (κ2) is 11.4. The zero-order valence-electron chi connectivity index (χ0n) is 12.0. The lowest BCUT2D eigenvalue weighted by Gasteiger charge is -2.23. The zero-order valence-corrected chi connectivity index (χ0v) is 12.0. The van der Waals surface area contributed by atoms with E-state index in [-0.39, 0.29) is 0 Å². The molecule has 0 aromatic heterocycles. The van der Waals surface area contributed by atoms with E-state index >= 15 is 0 Å². The Morgan fingerprint density at radius 1 is 1.26 bits per heavy atom. The summed E-state index contributed by atoms with van der Waals surface area (Å²) < 4.78 is 11.1. The van der Waals surface area contributed by atoms with Crippen LogP contribution in [0.2, 0.25) is 0 Å². The number of hydrogen-bond acceptors (Lipinski definition) is 4. The van der Waals surface area contributed by atoms with Crippen molar-refractivity contribution in [1.82, 2.24) is 5.32 Å². The van der Waals surface area contributed by atoms with Gasteiger partial charge < -0.3 is 19.9 Å². The Labute approximate surface area is 117 Å². The molecular weight excluding hydrogens is 242 g/mol. The highest BCUT2D eigenvalue weighted by Gasteiger charge is 2.15. The second-order valence-electron chi connectivity index (χ2n) is 5.14. The van der Waals surface area contributed by atoms with E-state index in [4.69, 9.17) is 9.47 Å². The Morgan fingerprint density at radius 3 is 2.79 bits per heavy atom. The average Bonchev–Trinajstić information content (AvgIpc) is 2.45. The number of ether oxygens (including phenoxy) is 2. The van der Waals surface area contributed by atoms with Gasteiger partial charge in [0, 0.05) is 13.1 Å². The molecule has 0 aromatic carbocycles. The first-order valence-electron chi connectivity index (χ1n) is 7.52. The van der Waals surface area contributed by atoms with Gasteiger partial charge in [0.15, 0.2) is 0 Å². The molecule has 1 aliphatic rings. The van der Waals surface area contributed by atoms with E-state index in [9.17, 15) is 5.11 Å². The van der Waals surface area contributed by atoms with Crippen molar-refractivity contribution in [2.24, 2.45) is 0 Å². The van der Waals surface area contributed by atoms with Crippen LogP contribution in [-0.4, -0.2) is 50.2 Å². The van der Waals surface area contributed by atoms with Crippen molar-refractivity contribution in [2.75, 3.05) is 32.9 Å². The van der Waals surface area contributed by atoms with Crippen LogP contribution in [-0.2, 0) is 9.47 Å². The summed E-state index contributed by atoms with van der Waals surface area (Å²) in [6.45, 7) is 6.79. The monoisotopic (exact) mass is 271 g/mol. The average molecular weight is 271 g/mol. The first-order valence-corrected chi connectivity index (χ1v) is 7.52. The summed E-state index contributed by atoms with van der Waals surface area (Å²) in [6, 6.07) is 0. The van der Waals surface area contributed by atoms with Crippen molar-refractivity contribution >= 4 is 0 Å².